The first-order valence-electron chi connectivity index (χ1n) is 6.26. The number of benzene rings is 1. The van der Waals surface area contributed by atoms with Crippen molar-refractivity contribution in [1.82, 2.24) is 14.9 Å². The summed E-state index contributed by atoms with van der Waals surface area (Å²) >= 11 is 11.1. The molecule has 0 saturated heterocycles. The zero-order valence-electron chi connectivity index (χ0n) is 11.3. The smallest absolute Gasteiger partial charge is 0.400 e. The molecule has 2 aromatic heterocycles. The molecule has 3 rings (SSSR count). The molecular weight excluding hydrogens is 342 g/mol. The van der Waals surface area contributed by atoms with Gasteiger partial charge in [-0.05, 0) is 30.4 Å². The molecule has 3 aromatic rings. The van der Waals surface area contributed by atoms with Gasteiger partial charge in [-0.25, -0.2) is 5.10 Å². The lowest BCUT2D eigenvalue weighted by molar-refractivity contribution is -0.402. The fourth-order valence-electron chi connectivity index (χ4n) is 1.84. The van der Waals surface area contributed by atoms with Gasteiger partial charge in [0, 0.05) is 10.6 Å². The maximum absolute atomic E-state index is 10.6. The average Bonchev–Trinajstić information content (AvgIpc) is 3.12. The first-order chi connectivity index (χ1) is 11.0. The molecule has 2 heterocycles. The van der Waals surface area contributed by atoms with Crippen molar-refractivity contribution in [3.63, 3.8) is 0 Å². The molecule has 0 fully saturated rings. The predicted octanol–water partition coefficient (Wildman–Crippen LogP) is 3.64. The van der Waals surface area contributed by atoms with E-state index in [-0.39, 0.29) is 16.4 Å². The molecule has 0 amide bonds. The molecule has 0 bridgehead atoms. The van der Waals surface area contributed by atoms with Crippen LogP contribution in [0.3, 0.4) is 0 Å². The molecule has 116 valence electrons. The van der Waals surface area contributed by atoms with Crippen LogP contribution in [-0.2, 0) is 0 Å². The van der Waals surface area contributed by atoms with E-state index in [9.17, 15) is 10.1 Å². The van der Waals surface area contributed by atoms with E-state index >= 15 is 0 Å². The van der Waals surface area contributed by atoms with Crippen LogP contribution in [0.5, 0.6) is 0 Å². The molecule has 1 aromatic carbocycles. The van der Waals surface area contributed by atoms with Gasteiger partial charge >= 0.3 is 5.88 Å². The highest BCUT2D eigenvalue weighted by molar-refractivity contribution is 7.71. The van der Waals surface area contributed by atoms with Crippen LogP contribution in [0.1, 0.15) is 5.76 Å². The molecule has 0 aliphatic carbocycles. The Morgan fingerprint density at radius 3 is 2.96 bits per heavy atom. The number of nitrogens with zero attached hydrogens (tertiary/aromatic N) is 4. The summed E-state index contributed by atoms with van der Waals surface area (Å²) in [7, 11) is 0. The topological polar surface area (TPSA) is 102 Å². The van der Waals surface area contributed by atoms with Crippen molar-refractivity contribution in [3.05, 3.63) is 62.1 Å². The average molecular weight is 350 g/mol. The molecule has 0 spiro atoms. The monoisotopic (exact) mass is 349 g/mol. The van der Waals surface area contributed by atoms with E-state index in [1.165, 1.54) is 23.0 Å². The Hall–Kier alpha value is -2.78. The van der Waals surface area contributed by atoms with E-state index in [1.807, 2.05) is 0 Å². The summed E-state index contributed by atoms with van der Waals surface area (Å²) in [5.41, 5.74) is 0.715. The van der Waals surface area contributed by atoms with Gasteiger partial charge in [-0.15, -0.1) is 0 Å². The molecule has 8 nitrogen and oxygen atoms in total. The summed E-state index contributed by atoms with van der Waals surface area (Å²) in [4.78, 5) is 9.96. The molecule has 0 atom stereocenters. The highest BCUT2D eigenvalue weighted by atomic mass is 35.5. The van der Waals surface area contributed by atoms with E-state index < -0.39 is 4.92 Å². The molecule has 0 aliphatic rings. The number of aromatic nitrogens is 3. The van der Waals surface area contributed by atoms with Gasteiger partial charge in [-0.2, -0.15) is 14.9 Å². The lowest BCUT2D eigenvalue weighted by Crippen LogP contribution is -1.94. The van der Waals surface area contributed by atoms with Crippen molar-refractivity contribution >= 4 is 35.9 Å². The third kappa shape index (κ3) is 3.20. The van der Waals surface area contributed by atoms with Crippen LogP contribution in [0.2, 0.25) is 5.02 Å². The Morgan fingerprint density at radius 2 is 2.26 bits per heavy atom. The van der Waals surface area contributed by atoms with Crippen LogP contribution >= 0.6 is 23.8 Å². The highest BCUT2D eigenvalue weighted by Crippen LogP contribution is 2.21. The summed E-state index contributed by atoms with van der Waals surface area (Å²) in [6.07, 6.45) is 1.31. The fraction of sp³-hybridized carbons (Fsp3) is 0. The summed E-state index contributed by atoms with van der Waals surface area (Å²) in [5, 5.41) is 22.0. The Kier molecular flexibility index (Phi) is 4.04. The Bertz CT molecular complexity index is 958. The van der Waals surface area contributed by atoms with Gasteiger partial charge in [0.1, 0.15) is 4.92 Å². The SMILES string of the molecule is O=[N+]([O-])c1ccc(/C=N\n2c(-c3cccc(Cl)c3)n[nH]c2=S)o1. The summed E-state index contributed by atoms with van der Waals surface area (Å²) < 4.78 is 6.63. The minimum Gasteiger partial charge on any atom is -0.400 e. The summed E-state index contributed by atoms with van der Waals surface area (Å²) in [5.74, 6) is 0.309. The number of furan rings is 1. The highest BCUT2D eigenvalue weighted by Gasteiger charge is 2.11. The molecule has 1 N–H and O–H groups in total. The van der Waals surface area contributed by atoms with Crippen LogP contribution in [0.4, 0.5) is 5.88 Å². The van der Waals surface area contributed by atoms with Crippen molar-refractivity contribution in [3.8, 4) is 11.4 Å². The predicted molar refractivity (Wildman–Crippen MR) is 86.2 cm³/mol. The fourth-order valence-corrected chi connectivity index (χ4v) is 2.21. The maximum Gasteiger partial charge on any atom is 0.433 e. The van der Waals surface area contributed by atoms with Gasteiger partial charge in [0.25, 0.3) is 0 Å². The van der Waals surface area contributed by atoms with Crippen LogP contribution in [0, 0.1) is 14.9 Å². The largest absolute Gasteiger partial charge is 0.433 e. The van der Waals surface area contributed by atoms with Gasteiger partial charge in [0.2, 0.25) is 4.77 Å². The maximum atomic E-state index is 10.6. The third-order valence-electron chi connectivity index (χ3n) is 2.83. The molecular formula is C13H8ClN5O3S. The number of hydrogen-bond acceptors (Lipinski definition) is 6. The number of nitro groups is 1. The molecule has 0 saturated carbocycles. The quantitative estimate of drug-likeness (QED) is 0.335. The number of nitrogens with one attached hydrogen (secondary N) is 1. The first kappa shape index (κ1) is 15.1. The van der Waals surface area contributed by atoms with Crippen molar-refractivity contribution in [2.45, 2.75) is 0 Å². The van der Waals surface area contributed by atoms with Crippen LogP contribution in [0.15, 0.2) is 45.9 Å². The summed E-state index contributed by atoms with van der Waals surface area (Å²) in [6, 6.07) is 9.72. The van der Waals surface area contributed by atoms with Crippen molar-refractivity contribution in [2.24, 2.45) is 5.10 Å². The number of halogens is 1. The zero-order valence-corrected chi connectivity index (χ0v) is 12.9. The number of rotatable bonds is 4. The van der Waals surface area contributed by atoms with Crippen LogP contribution < -0.4 is 0 Å². The lowest BCUT2D eigenvalue weighted by atomic mass is 10.2. The minimum absolute atomic E-state index is 0.219. The second-order valence-electron chi connectivity index (χ2n) is 4.35. The van der Waals surface area contributed by atoms with E-state index in [1.54, 1.807) is 24.3 Å². The minimum atomic E-state index is -0.627. The number of H-pyrrole nitrogens is 1. The molecule has 0 aliphatic heterocycles. The van der Waals surface area contributed by atoms with Gasteiger partial charge in [0.15, 0.2) is 11.6 Å². The second-order valence-corrected chi connectivity index (χ2v) is 5.18. The second kappa shape index (κ2) is 6.15. The third-order valence-corrected chi connectivity index (χ3v) is 3.33. The molecule has 0 unspecified atom stereocenters. The van der Waals surface area contributed by atoms with Crippen molar-refractivity contribution in [2.75, 3.05) is 0 Å². The van der Waals surface area contributed by atoms with Crippen LogP contribution in [0.25, 0.3) is 11.4 Å². The van der Waals surface area contributed by atoms with Gasteiger partial charge in [-0.1, -0.05) is 23.7 Å². The van der Waals surface area contributed by atoms with Crippen molar-refractivity contribution < 1.29 is 9.34 Å². The number of hydrogen-bond donors (Lipinski definition) is 1. The zero-order chi connectivity index (χ0) is 16.4. The van der Waals surface area contributed by atoms with Gasteiger partial charge in [0.05, 0.1) is 12.3 Å². The first-order valence-corrected chi connectivity index (χ1v) is 7.05. The van der Waals surface area contributed by atoms with Gasteiger partial charge < -0.3 is 4.42 Å². The molecule has 23 heavy (non-hydrogen) atoms. The summed E-state index contributed by atoms with van der Waals surface area (Å²) in [6.45, 7) is 0. The normalized spacial score (nSPS) is 11.2. The van der Waals surface area contributed by atoms with E-state index in [4.69, 9.17) is 28.2 Å². The Balaban J connectivity index is 1.97. The molecule has 0 radical (unpaired) electrons. The lowest BCUT2D eigenvalue weighted by Gasteiger charge is -2.00. The number of aromatic amines is 1. The van der Waals surface area contributed by atoms with E-state index in [0.717, 1.165) is 0 Å². The van der Waals surface area contributed by atoms with E-state index in [2.05, 4.69) is 15.3 Å². The Morgan fingerprint density at radius 1 is 1.43 bits per heavy atom. The van der Waals surface area contributed by atoms with E-state index in [0.29, 0.717) is 16.4 Å². The molecule has 10 heteroatoms. The van der Waals surface area contributed by atoms with Gasteiger partial charge in [-0.3, -0.25) is 10.1 Å². The van der Waals surface area contributed by atoms with Crippen molar-refractivity contribution in [1.29, 1.82) is 0 Å². The van der Waals surface area contributed by atoms with Crippen LogP contribution in [-0.4, -0.2) is 26.0 Å². The standard InChI is InChI=1S/C13H8ClN5O3S/c14-9-3-1-2-8(6-9)12-16-17-13(23)18(12)15-7-10-4-5-11(22-10)19(20)21/h1-7H,(H,17,23)/b15-7-. The Labute approximate surface area is 139 Å².